The molecular formula is C18H25NO. The van der Waals surface area contributed by atoms with Crippen LogP contribution in [0.2, 0.25) is 0 Å². The van der Waals surface area contributed by atoms with Crippen molar-refractivity contribution in [2.45, 2.75) is 58.9 Å². The molecule has 0 unspecified atom stereocenters. The fourth-order valence-electron chi connectivity index (χ4n) is 3.08. The summed E-state index contributed by atoms with van der Waals surface area (Å²) in [6.45, 7) is 10.7. The minimum absolute atomic E-state index is 0.542. The van der Waals surface area contributed by atoms with Gasteiger partial charge in [0.25, 0.3) is 0 Å². The molecule has 108 valence electrons. The lowest BCUT2D eigenvalue weighted by Crippen LogP contribution is -2.12. The van der Waals surface area contributed by atoms with E-state index in [2.05, 4.69) is 45.1 Å². The summed E-state index contributed by atoms with van der Waals surface area (Å²) in [6, 6.07) is 4.50. The average Bonchev–Trinajstić information content (AvgIpc) is 3.17. The van der Waals surface area contributed by atoms with E-state index in [-0.39, 0.29) is 0 Å². The lowest BCUT2D eigenvalue weighted by atomic mass is 9.93. The Kier molecular flexibility index (Phi) is 3.59. The Hall–Kier alpha value is -1.28. The van der Waals surface area contributed by atoms with Gasteiger partial charge in [-0.3, -0.25) is 0 Å². The third kappa shape index (κ3) is 2.26. The first-order chi connectivity index (χ1) is 9.63. The third-order valence-electron chi connectivity index (χ3n) is 4.32. The maximum Gasteiger partial charge on any atom is 0.137 e. The van der Waals surface area contributed by atoms with Crippen LogP contribution in [0.5, 0.6) is 0 Å². The molecule has 20 heavy (non-hydrogen) atoms. The molecule has 2 heteroatoms. The van der Waals surface area contributed by atoms with E-state index < -0.39 is 0 Å². The number of benzene rings is 1. The predicted octanol–water partition coefficient (Wildman–Crippen LogP) is 4.85. The second kappa shape index (κ2) is 5.25. The number of aryl methyl sites for hydroxylation is 1. The molecule has 0 radical (unpaired) electrons. The normalized spacial score (nSPS) is 15.4. The smallest absolute Gasteiger partial charge is 0.137 e. The van der Waals surface area contributed by atoms with Crippen molar-refractivity contribution >= 4 is 11.0 Å². The summed E-state index contributed by atoms with van der Waals surface area (Å²) < 4.78 is 6.26. The summed E-state index contributed by atoms with van der Waals surface area (Å²) in [5.74, 6) is 2.44. The fourth-order valence-corrected chi connectivity index (χ4v) is 3.08. The Morgan fingerprint density at radius 2 is 2.05 bits per heavy atom. The molecule has 0 atom stereocenters. The first-order valence-corrected chi connectivity index (χ1v) is 7.89. The van der Waals surface area contributed by atoms with Crippen molar-refractivity contribution in [1.29, 1.82) is 0 Å². The van der Waals surface area contributed by atoms with Crippen LogP contribution >= 0.6 is 0 Å². The van der Waals surface area contributed by atoms with Crippen LogP contribution < -0.4 is 5.32 Å². The van der Waals surface area contributed by atoms with Gasteiger partial charge in [-0.05, 0) is 49.3 Å². The van der Waals surface area contributed by atoms with Gasteiger partial charge in [-0.2, -0.15) is 0 Å². The van der Waals surface area contributed by atoms with Crippen LogP contribution in [0.15, 0.2) is 16.5 Å². The molecule has 1 aliphatic rings. The molecular weight excluding hydrogens is 246 g/mol. The second-order valence-electron chi connectivity index (χ2n) is 6.32. The topological polar surface area (TPSA) is 25.2 Å². The molecule has 1 aliphatic carbocycles. The third-order valence-corrected chi connectivity index (χ3v) is 4.32. The maximum atomic E-state index is 6.26. The lowest BCUT2D eigenvalue weighted by Gasteiger charge is -2.10. The molecule has 1 N–H and O–H groups in total. The van der Waals surface area contributed by atoms with Crippen LogP contribution in [0, 0.1) is 6.92 Å². The van der Waals surface area contributed by atoms with Crippen molar-refractivity contribution in [3.05, 3.63) is 34.6 Å². The van der Waals surface area contributed by atoms with Crippen LogP contribution in [0.3, 0.4) is 0 Å². The molecule has 1 saturated carbocycles. The molecule has 0 aliphatic heterocycles. The number of nitrogens with one attached hydrogen (secondary N) is 1. The molecule has 1 aromatic heterocycles. The minimum Gasteiger partial charge on any atom is -0.459 e. The van der Waals surface area contributed by atoms with Gasteiger partial charge in [-0.25, -0.2) is 0 Å². The molecule has 0 bridgehead atoms. The van der Waals surface area contributed by atoms with E-state index in [1.165, 1.54) is 40.7 Å². The lowest BCUT2D eigenvalue weighted by molar-refractivity contribution is 0.512. The summed E-state index contributed by atoms with van der Waals surface area (Å²) in [6.07, 6.45) is 2.64. The standard InChI is InChI=1S/C18H25NO/c1-5-19-10-15-16(13-7-8-13)17-14(11(2)3)9-6-12(4)18(17)20-15/h6,9,11,13,19H,5,7-8,10H2,1-4H3. The number of fused-ring (bicyclic) bond motifs is 1. The predicted molar refractivity (Wildman–Crippen MR) is 84.4 cm³/mol. The zero-order valence-corrected chi connectivity index (χ0v) is 13.0. The number of hydrogen-bond donors (Lipinski definition) is 1. The van der Waals surface area contributed by atoms with Crippen LogP contribution in [0.25, 0.3) is 11.0 Å². The molecule has 1 fully saturated rings. The van der Waals surface area contributed by atoms with E-state index in [4.69, 9.17) is 4.42 Å². The second-order valence-corrected chi connectivity index (χ2v) is 6.32. The highest BCUT2D eigenvalue weighted by Gasteiger charge is 2.32. The summed E-state index contributed by atoms with van der Waals surface area (Å²) in [7, 11) is 0. The highest BCUT2D eigenvalue weighted by molar-refractivity contribution is 5.89. The van der Waals surface area contributed by atoms with Gasteiger partial charge in [0.1, 0.15) is 11.3 Å². The molecule has 1 heterocycles. The number of hydrogen-bond acceptors (Lipinski definition) is 2. The van der Waals surface area contributed by atoms with E-state index >= 15 is 0 Å². The number of furan rings is 1. The quantitative estimate of drug-likeness (QED) is 0.840. The molecule has 0 saturated heterocycles. The molecule has 3 rings (SSSR count). The van der Waals surface area contributed by atoms with Gasteiger partial charge >= 0.3 is 0 Å². The summed E-state index contributed by atoms with van der Waals surface area (Å²) >= 11 is 0. The average molecular weight is 271 g/mol. The van der Waals surface area contributed by atoms with E-state index in [1.54, 1.807) is 0 Å². The zero-order valence-electron chi connectivity index (χ0n) is 13.0. The van der Waals surface area contributed by atoms with Gasteiger partial charge in [0.2, 0.25) is 0 Å². The molecule has 1 aromatic carbocycles. The Balaban J connectivity index is 2.22. The van der Waals surface area contributed by atoms with E-state index in [0.29, 0.717) is 5.92 Å². The Morgan fingerprint density at radius 3 is 2.65 bits per heavy atom. The zero-order chi connectivity index (χ0) is 14.3. The van der Waals surface area contributed by atoms with Crippen molar-refractivity contribution < 1.29 is 4.42 Å². The van der Waals surface area contributed by atoms with Crippen LogP contribution in [0.4, 0.5) is 0 Å². The van der Waals surface area contributed by atoms with Crippen LogP contribution in [-0.2, 0) is 6.54 Å². The Labute approximate surface area is 121 Å². The molecule has 2 aromatic rings. The van der Waals surface area contributed by atoms with Gasteiger partial charge in [0.05, 0.1) is 6.54 Å². The molecule has 0 spiro atoms. The van der Waals surface area contributed by atoms with Gasteiger partial charge in [-0.15, -0.1) is 0 Å². The maximum absolute atomic E-state index is 6.26. The minimum atomic E-state index is 0.542. The van der Waals surface area contributed by atoms with Crippen molar-refractivity contribution in [3.8, 4) is 0 Å². The van der Waals surface area contributed by atoms with E-state index in [0.717, 1.165) is 24.6 Å². The van der Waals surface area contributed by atoms with Crippen molar-refractivity contribution in [2.75, 3.05) is 6.54 Å². The van der Waals surface area contributed by atoms with Gasteiger partial charge in [0, 0.05) is 10.9 Å². The van der Waals surface area contributed by atoms with Crippen molar-refractivity contribution in [1.82, 2.24) is 5.32 Å². The SMILES string of the molecule is CCNCc1oc2c(C)ccc(C(C)C)c2c1C1CC1. The first kappa shape index (κ1) is 13.7. The number of rotatable bonds is 5. The van der Waals surface area contributed by atoms with Gasteiger partial charge < -0.3 is 9.73 Å². The fraction of sp³-hybridized carbons (Fsp3) is 0.556. The van der Waals surface area contributed by atoms with E-state index in [9.17, 15) is 0 Å². The highest BCUT2D eigenvalue weighted by Crippen LogP contribution is 2.48. The Morgan fingerprint density at radius 1 is 1.30 bits per heavy atom. The summed E-state index contributed by atoms with van der Waals surface area (Å²) in [5.41, 5.74) is 5.31. The van der Waals surface area contributed by atoms with Gasteiger partial charge in [-0.1, -0.05) is 32.9 Å². The van der Waals surface area contributed by atoms with Crippen LogP contribution in [0.1, 0.15) is 67.9 Å². The largest absolute Gasteiger partial charge is 0.459 e. The molecule has 0 amide bonds. The van der Waals surface area contributed by atoms with Crippen LogP contribution in [-0.4, -0.2) is 6.54 Å². The Bertz CT molecular complexity index is 620. The summed E-state index contributed by atoms with van der Waals surface area (Å²) in [4.78, 5) is 0. The first-order valence-electron chi connectivity index (χ1n) is 7.89. The molecule has 2 nitrogen and oxygen atoms in total. The van der Waals surface area contributed by atoms with Crippen molar-refractivity contribution in [3.63, 3.8) is 0 Å². The highest BCUT2D eigenvalue weighted by atomic mass is 16.3. The van der Waals surface area contributed by atoms with E-state index in [1.807, 2.05) is 0 Å². The monoisotopic (exact) mass is 271 g/mol. The van der Waals surface area contributed by atoms with Gasteiger partial charge in [0.15, 0.2) is 0 Å². The summed E-state index contributed by atoms with van der Waals surface area (Å²) in [5, 5.41) is 4.84. The van der Waals surface area contributed by atoms with Crippen molar-refractivity contribution in [2.24, 2.45) is 0 Å².